The molecule has 4 aromatic heterocycles. The van der Waals surface area contributed by atoms with Crippen molar-refractivity contribution in [3.63, 3.8) is 0 Å². The second-order valence-corrected chi connectivity index (χ2v) is 37.8. The fourth-order valence-corrected chi connectivity index (χ4v) is 19.8. The van der Waals surface area contributed by atoms with Gasteiger partial charge in [0.05, 0.1) is 128 Å². The average Bonchev–Trinajstić information content (AvgIpc) is 1.59. The molecular weight excluding hydrogens is 2050 g/mol. The van der Waals surface area contributed by atoms with E-state index in [4.69, 9.17) is 149 Å². The highest BCUT2D eigenvalue weighted by atomic mass is 79.9. The maximum atomic E-state index is 13.3. The molecule has 0 saturated carbocycles. The molecule has 0 spiro atoms. The van der Waals surface area contributed by atoms with E-state index in [1.165, 1.54) is 50.2 Å². The molecule has 20 rings (SSSR count). The third-order valence-electron chi connectivity index (χ3n) is 21.6. The Morgan fingerprint density at radius 2 is 0.886 bits per heavy atom. The molecule has 0 saturated heterocycles. The van der Waals surface area contributed by atoms with E-state index in [2.05, 4.69) is 90.0 Å². The number of aryl methyl sites for hydroxylation is 4. The summed E-state index contributed by atoms with van der Waals surface area (Å²) in [6, 6.07) is 45.7. The number of carboxylic acid groups (broad SMARTS) is 1. The molecule has 11 heterocycles. The molecule has 2 atom stereocenters. The molecule has 684 valence electrons. The smallest absolute Gasteiger partial charge is 0.346 e. The van der Waals surface area contributed by atoms with E-state index in [0.29, 0.717) is 98.4 Å². The number of aliphatic imine (C=N–C) groups is 2. The van der Waals surface area contributed by atoms with Crippen LogP contribution in [-0.4, -0.2) is 85.0 Å². The van der Waals surface area contributed by atoms with Crippen LogP contribution in [0.5, 0.6) is 0 Å². The van der Waals surface area contributed by atoms with E-state index in [1.54, 1.807) is 53.0 Å². The van der Waals surface area contributed by atoms with E-state index >= 15 is 0 Å². The average molecular weight is 2130 g/mol. The topological polar surface area (TPSA) is 342 Å². The Bertz CT molecular complexity index is 6570. The lowest BCUT2D eigenvalue weighted by atomic mass is 9.99. The van der Waals surface area contributed by atoms with Crippen molar-refractivity contribution in [2.45, 2.75) is 143 Å². The first-order valence-corrected chi connectivity index (χ1v) is 47.6. The van der Waals surface area contributed by atoms with Crippen LogP contribution in [0.15, 0.2) is 168 Å². The summed E-state index contributed by atoms with van der Waals surface area (Å²) in [5.41, 5.74) is 27.6. The van der Waals surface area contributed by atoms with Crippen LogP contribution in [0.3, 0.4) is 0 Å². The molecular formula is C94H80Br2Cl9N11O14S2. The molecule has 9 aromatic carbocycles. The number of thiophene rings is 2. The minimum atomic E-state index is -0.926. The van der Waals surface area contributed by atoms with Crippen molar-refractivity contribution in [3.8, 4) is 10.0 Å². The van der Waals surface area contributed by atoms with Gasteiger partial charge >= 0.3 is 17.9 Å². The second-order valence-electron chi connectivity index (χ2n) is 30.4. The zero-order valence-corrected chi connectivity index (χ0v) is 82.6. The number of ether oxygens (including phenoxy) is 5. The number of aliphatic carboxylic acids is 1. The summed E-state index contributed by atoms with van der Waals surface area (Å²) in [5.74, 6) is 0.283. The van der Waals surface area contributed by atoms with E-state index in [-0.39, 0.29) is 53.8 Å². The van der Waals surface area contributed by atoms with Crippen molar-refractivity contribution in [3.05, 3.63) is 357 Å². The van der Waals surface area contributed by atoms with Gasteiger partial charge in [0.2, 0.25) is 5.91 Å². The van der Waals surface area contributed by atoms with Gasteiger partial charge in [-0.25, -0.2) is 9.59 Å². The molecule has 0 aliphatic carbocycles. The first kappa shape index (κ1) is 100. The second kappa shape index (κ2) is 45.3. The van der Waals surface area contributed by atoms with Gasteiger partial charge in [-0.2, -0.15) is 0 Å². The highest BCUT2D eigenvalue weighted by Gasteiger charge is 2.36. The Labute approximate surface area is 828 Å². The molecule has 38 heteroatoms. The zero-order chi connectivity index (χ0) is 94.6. The van der Waals surface area contributed by atoms with Crippen LogP contribution in [-0.2, 0) is 110 Å². The van der Waals surface area contributed by atoms with Gasteiger partial charge in [0.15, 0.2) is 11.6 Å². The summed E-state index contributed by atoms with van der Waals surface area (Å²) in [4.78, 5) is 69.0. The van der Waals surface area contributed by atoms with Crippen molar-refractivity contribution < 1.29 is 63.1 Å². The summed E-state index contributed by atoms with van der Waals surface area (Å²) in [6.07, 6.45) is -0.0751. The van der Waals surface area contributed by atoms with Gasteiger partial charge in [0.1, 0.15) is 38.8 Å². The predicted octanol–water partition coefficient (Wildman–Crippen LogP) is 24.5. The summed E-state index contributed by atoms with van der Waals surface area (Å²) in [6.45, 7) is 16.7. The number of nitro benzene ring substituents is 1. The van der Waals surface area contributed by atoms with Gasteiger partial charge in [-0.05, 0) is 229 Å². The molecule has 7 aliphatic rings. The number of esters is 2. The highest BCUT2D eigenvalue weighted by molar-refractivity contribution is 9.09. The van der Waals surface area contributed by atoms with Gasteiger partial charge in [0.25, 0.3) is 5.69 Å². The largest absolute Gasteiger partial charge is 0.481 e. The number of hydrogen-bond acceptors (Lipinski definition) is 22. The Hall–Kier alpha value is -9.39. The number of nitro groups is 1. The fraction of sp³-hybridized carbons (Fsp3) is 0.234. The zero-order valence-electron chi connectivity index (χ0n) is 71.0. The number of aliphatic hydroxyl groups excluding tert-OH is 2. The van der Waals surface area contributed by atoms with E-state index in [0.717, 1.165) is 139 Å². The third kappa shape index (κ3) is 23.9. The first-order valence-electron chi connectivity index (χ1n) is 40.3. The number of carbonyl (C=O) groups excluding carboxylic acids is 3. The maximum Gasteiger partial charge on any atom is 0.346 e. The Kier molecular flexibility index (Phi) is 34.3. The standard InChI is InChI=1S/C27H23Cl2N5O2S.C19H17ClN4O2S.C8H7Br2Cl.C8H6ClNO3.C8H8ClNO.C8H3ClO3.C8H9ClO2.C8H7ClO/c1-13-14(2)37-27-24(13)25(16-4-6-19(28)7-5-16)31-22(26-33-32-15(3)34(26)27)10-23(35)30-21-9-18-12-36-11-17(18)8-20(21)29;1-9-10(2)27-19-16(9)17(12-4-6-13(20)7-5-12)21-14(8-15(25)26)18-23-22-11(3)24(18)19;9-4-6-1-2-8(11)3-7(6)5-10;9-7-1-5-3-13-4-6(5)2-8(7)10(11)12;9-7-1-5-3-11-4-6(5)2-8(7)10;9-4-1-2-5-6(3-4)8(11)12-7(5)10;9-8-2-1-6(4-10)7(3-8)5-11;9-8-2-1-6-4-10-5-7(6)3-8/h4-9,22H,10-12H2,1-3H3,(H,30,35);4-7,14H,8H2,1-3H3,(H,25,26);1-3H,4-5H2;1-2H,3-4H2;1-2H,3-4,10H2;1-3H;1-3,10-11H,4-5H2;1-3H,4-5H2/t22-;14-;;;;;;/m00....../s1. The normalized spacial score (nSPS) is 14.5. The number of carboxylic acids is 1. The van der Waals surface area contributed by atoms with Crippen molar-refractivity contribution >= 4 is 211 Å². The number of amides is 1. The molecule has 13 aromatic rings. The number of hydrogen-bond donors (Lipinski definition) is 5. The van der Waals surface area contributed by atoms with Crippen LogP contribution in [0.25, 0.3) is 10.0 Å². The van der Waals surface area contributed by atoms with Gasteiger partial charge in [-0.3, -0.25) is 38.8 Å². The lowest BCUT2D eigenvalue weighted by Gasteiger charge is -2.14. The van der Waals surface area contributed by atoms with Crippen molar-refractivity contribution in [1.82, 2.24) is 29.5 Å². The van der Waals surface area contributed by atoms with Crippen molar-refractivity contribution in [2.75, 3.05) is 11.1 Å². The van der Waals surface area contributed by atoms with E-state index in [9.17, 15) is 34.4 Å². The molecule has 0 fully saturated rings. The number of halogens is 11. The summed E-state index contributed by atoms with van der Waals surface area (Å²) < 4.78 is 29.4. The summed E-state index contributed by atoms with van der Waals surface area (Å²) >= 11 is 63.2. The number of nitrogen functional groups attached to an aromatic ring is 1. The molecule has 7 aliphatic heterocycles. The quantitative estimate of drug-likeness (QED) is 0.0189. The first-order chi connectivity index (χ1) is 63.2. The van der Waals surface area contributed by atoms with Crippen LogP contribution in [0.2, 0.25) is 45.2 Å². The number of benzene rings is 9. The number of aromatic nitrogens is 6. The molecule has 6 N–H and O–H groups in total. The van der Waals surface area contributed by atoms with Gasteiger partial charge < -0.3 is 50.1 Å². The SMILES string of the molecule is Cc1sc2c(c1C)C(c1ccc(Cl)cc1)=N[C@@H](CC(=O)Nc1cc3c(cc1Cl)COC3)c1nnc(C)n1-2.Cc1sc2c(c1C)C(c1ccc(Cl)cc1)=N[C@@H](CC(=O)O)c1nnc(C)n1-2.Clc1ccc(CBr)c(CBr)c1.Clc1ccc2c(c1)COC2.Nc1cc2c(cc1Cl)COC2.O=C1OC(=O)c2cc(Cl)ccc21.O=[N+]([O-])c1cc2c(cc1Cl)COC2.OCc1ccc(Cl)cc1CO. The third-order valence-corrected chi connectivity index (χ3v) is 27.6. The number of rotatable bonds is 12. The van der Waals surface area contributed by atoms with Crippen molar-refractivity contribution in [1.29, 1.82) is 0 Å². The van der Waals surface area contributed by atoms with Crippen molar-refractivity contribution in [2.24, 2.45) is 9.98 Å². The minimum absolute atomic E-state index is 0.0501. The van der Waals surface area contributed by atoms with Crippen LogP contribution in [0.1, 0.15) is 179 Å². The van der Waals surface area contributed by atoms with E-state index < -0.39 is 34.9 Å². The number of alkyl halides is 2. The van der Waals surface area contributed by atoms with Crippen LogP contribution in [0, 0.1) is 51.7 Å². The maximum absolute atomic E-state index is 13.3. The predicted molar refractivity (Wildman–Crippen MR) is 524 cm³/mol. The van der Waals surface area contributed by atoms with Gasteiger partial charge in [-0.1, -0.05) is 179 Å². The fourth-order valence-electron chi connectivity index (χ4n) is 14.6. The number of fused-ring (bicyclic) bond motifs is 11. The summed E-state index contributed by atoms with van der Waals surface area (Å²) in [5, 5.41) is 66.6. The highest BCUT2D eigenvalue weighted by Crippen LogP contribution is 2.44. The van der Waals surface area contributed by atoms with E-state index in [1.807, 2.05) is 132 Å². The lowest BCUT2D eigenvalue weighted by Crippen LogP contribution is -2.17. The summed E-state index contributed by atoms with van der Waals surface area (Å²) in [7, 11) is 0. The lowest BCUT2D eigenvalue weighted by molar-refractivity contribution is -0.384. The number of carbonyl (C=O) groups is 4. The minimum Gasteiger partial charge on any atom is -0.481 e. The number of nitrogens with zero attached hydrogens (tertiary/aromatic N) is 9. The molecule has 0 unspecified atom stereocenters. The van der Waals surface area contributed by atoms with Gasteiger partial charge in [-0.15, -0.1) is 43.1 Å². The Morgan fingerprint density at radius 3 is 1.39 bits per heavy atom. The molecule has 0 bridgehead atoms. The van der Waals surface area contributed by atoms with Crippen LogP contribution in [0.4, 0.5) is 17.1 Å². The monoisotopic (exact) mass is 2120 g/mol. The molecule has 132 heavy (non-hydrogen) atoms. The van der Waals surface area contributed by atoms with Crippen LogP contribution >= 0.6 is 159 Å². The number of aliphatic hydroxyl groups is 2. The number of nitrogens with one attached hydrogen (secondary N) is 1. The molecule has 25 nitrogen and oxygen atoms in total. The molecule has 1 amide bonds. The number of anilines is 2. The number of nitrogens with two attached hydrogens (primary N) is 1. The number of cyclic esters (lactones) is 2. The Balaban J connectivity index is 0.000000136. The van der Waals surface area contributed by atoms with Crippen LogP contribution < -0.4 is 11.1 Å². The van der Waals surface area contributed by atoms with Gasteiger partial charge in [0, 0.05) is 78.9 Å². The molecule has 0 radical (unpaired) electrons. The Morgan fingerprint density at radius 1 is 0.477 bits per heavy atom.